The van der Waals surface area contributed by atoms with Crippen molar-refractivity contribution in [3.63, 3.8) is 0 Å². The molecule has 0 radical (unpaired) electrons. The van der Waals surface area contributed by atoms with Crippen molar-refractivity contribution in [1.29, 1.82) is 0 Å². The molecule has 1 unspecified atom stereocenters. The number of ether oxygens (including phenoxy) is 1. The second-order valence-electron chi connectivity index (χ2n) is 3.50. The molecule has 1 aromatic rings. The van der Waals surface area contributed by atoms with Gasteiger partial charge in [0.1, 0.15) is 11.6 Å². The van der Waals surface area contributed by atoms with Gasteiger partial charge in [0.25, 0.3) is 0 Å². The van der Waals surface area contributed by atoms with E-state index in [0.717, 1.165) is 29.4 Å². The Labute approximate surface area is 89.1 Å². The van der Waals surface area contributed by atoms with Gasteiger partial charge in [0.15, 0.2) is 6.10 Å². The minimum Gasteiger partial charge on any atom is -0.480 e. The highest BCUT2D eigenvalue weighted by Crippen LogP contribution is 2.32. The normalized spacial score (nSPS) is 21.7. The van der Waals surface area contributed by atoms with Gasteiger partial charge >= 0.3 is 0 Å². The fourth-order valence-electron chi connectivity index (χ4n) is 1.65. The van der Waals surface area contributed by atoms with Crippen LogP contribution in [-0.4, -0.2) is 19.0 Å². The Morgan fingerprint density at radius 2 is 2.33 bits per heavy atom. The van der Waals surface area contributed by atoms with Gasteiger partial charge in [-0.1, -0.05) is 6.92 Å². The monoisotopic (exact) mass is 205 g/mol. The van der Waals surface area contributed by atoms with Gasteiger partial charge < -0.3 is 15.8 Å². The standard InChI is InChI=1S/C11H15N3O/c1-3-9-11(13-2)14-8-6-7(12)4-5-10(8)15-9/h4-6,9H,3,12H2,1-2H3,(H,13,14). The molecule has 1 aliphatic rings. The van der Waals surface area contributed by atoms with Gasteiger partial charge in [-0.15, -0.1) is 0 Å². The Kier molecular flexibility index (Phi) is 2.49. The van der Waals surface area contributed by atoms with Gasteiger partial charge in [-0.25, -0.2) is 0 Å². The van der Waals surface area contributed by atoms with Crippen LogP contribution in [0.1, 0.15) is 13.3 Å². The van der Waals surface area contributed by atoms with Crippen molar-refractivity contribution < 1.29 is 4.74 Å². The molecule has 3 N–H and O–H groups in total. The van der Waals surface area contributed by atoms with Gasteiger partial charge in [-0.2, -0.15) is 0 Å². The van der Waals surface area contributed by atoms with Gasteiger partial charge in [0.2, 0.25) is 0 Å². The minimum absolute atomic E-state index is 0.0196. The number of benzene rings is 1. The van der Waals surface area contributed by atoms with Crippen LogP contribution in [0.5, 0.6) is 5.75 Å². The van der Waals surface area contributed by atoms with Crippen LogP contribution in [0.25, 0.3) is 0 Å². The number of hydrogen-bond donors (Lipinski definition) is 2. The zero-order valence-electron chi connectivity index (χ0n) is 8.95. The summed E-state index contributed by atoms with van der Waals surface area (Å²) in [6.07, 6.45) is 0.912. The average molecular weight is 205 g/mol. The number of hydrogen-bond acceptors (Lipinski definition) is 3. The minimum atomic E-state index is 0.0196. The summed E-state index contributed by atoms with van der Waals surface area (Å²) in [6, 6.07) is 5.57. The predicted molar refractivity (Wildman–Crippen MR) is 62.5 cm³/mol. The molecule has 1 heterocycles. The van der Waals surface area contributed by atoms with E-state index in [2.05, 4.69) is 17.2 Å². The van der Waals surface area contributed by atoms with Crippen LogP contribution in [0.15, 0.2) is 23.2 Å². The molecule has 1 aromatic carbocycles. The first-order chi connectivity index (χ1) is 7.24. The number of anilines is 2. The van der Waals surface area contributed by atoms with Crippen LogP contribution < -0.4 is 15.8 Å². The Hall–Kier alpha value is -1.71. The van der Waals surface area contributed by atoms with Crippen molar-refractivity contribution in [3.05, 3.63) is 18.2 Å². The summed E-state index contributed by atoms with van der Waals surface area (Å²) < 4.78 is 5.79. The number of nitrogen functional groups attached to an aromatic ring is 1. The molecule has 0 saturated carbocycles. The highest BCUT2D eigenvalue weighted by molar-refractivity contribution is 6.02. The average Bonchev–Trinajstić information content (AvgIpc) is 2.27. The molecule has 0 fully saturated rings. The van der Waals surface area contributed by atoms with E-state index in [4.69, 9.17) is 10.5 Å². The van der Waals surface area contributed by atoms with E-state index in [1.165, 1.54) is 0 Å². The molecular weight excluding hydrogens is 190 g/mol. The van der Waals surface area contributed by atoms with Gasteiger partial charge in [-0.05, 0) is 24.6 Å². The van der Waals surface area contributed by atoms with E-state index in [9.17, 15) is 0 Å². The molecule has 0 bridgehead atoms. The summed E-state index contributed by atoms with van der Waals surface area (Å²) in [5.41, 5.74) is 7.31. The Morgan fingerprint density at radius 1 is 1.53 bits per heavy atom. The molecule has 4 nitrogen and oxygen atoms in total. The molecule has 80 valence electrons. The molecule has 0 aliphatic carbocycles. The maximum absolute atomic E-state index is 5.79. The van der Waals surface area contributed by atoms with Crippen LogP contribution in [-0.2, 0) is 0 Å². The number of nitrogens with zero attached hydrogens (tertiary/aromatic N) is 1. The molecule has 0 spiro atoms. The van der Waals surface area contributed by atoms with E-state index in [0.29, 0.717) is 0 Å². The van der Waals surface area contributed by atoms with E-state index in [1.54, 1.807) is 7.05 Å². The number of amidine groups is 1. The van der Waals surface area contributed by atoms with Crippen LogP contribution in [0, 0.1) is 0 Å². The van der Waals surface area contributed by atoms with Crippen LogP contribution in [0.3, 0.4) is 0 Å². The third kappa shape index (κ3) is 1.75. The Morgan fingerprint density at radius 3 is 3.00 bits per heavy atom. The number of nitrogens with one attached hydrogen (secondary N) is 1. The molecule has 15 heavy (non-hydrogen) atoms. The van der Waals surface area contributed by atoms with E-state index in [-0.39, 0.29) is 6.10 Å². The quantitative estimate of drug-likeness (QED) is 0.688. The number of aliphatic imine (C=N–C) groups is 1. The van der Waals surface area contributed by atoms with Gasteiger partial charge in [0, 0.05) is 12.7 Å². The summed E-state index contributed by atoms with van der Waals surface area (Å²) in [4.78, 5) is 4.17. The lowest BCUT2D eigenvalue weighted by atomic mass is 10.1. The molecule has 1 aliphatic heterocycles. The lowest BCUT2D eigenvalue weighted by Crippen LogP contribution is -2.36. The zero-order valence-corrected chi connectivity index (χ0v) is 8.95. The molecule has 1 atom stereocenters. The lowest BCUT2D eigenvalue weighted by Gasteiger charge is -2.28. The largest absolute Gasteiger partial charge is 0.480 e. The number of rotatable bonds is 1. The third-order valence-electron chi connectivity index (χ3n) is 2.45. The molecule has 0 saturated heterocycles. The molecular formula is C11H15N3O. The highest BCUT2D eigenvalue weighted by Gasteiger charge is 2.23. The maximum atomic E-state index is 5.79. The van der Waals surface area contributed by atoms with E-state index < -0.39 is 0 Å². The molecule has 0 amide bonds. The summed E-state index contributed by atoms with van der Waals surface area (Å²) >= 11 is 0. The summed E-state index contributed by atoms with van der Waals surface area (Å²) in [7, 11) is 1.76. The van der Waals surface area contributed by atoms with Crippen LogP contribution in [0.2, 0.25) is 0 Å². The van der Waals surface area contributed by atoms with Crippen molar-refractivity contribution >= 4 is 17.2 Å². The second kappa shape index (κ2) is 3.81. The van der Waals surface area contributed by atoms with Crippen molar-refractivity contribution in [2.24, 2.45) is 4.99 Å². The first-order valence-electron chi connectivity index (χ1n) is 5.04. The zero-order chi connectivity index (χ0) is 10.8. The van der Waals surface area contributed by atoms with Crippen molar-refractivity contribution in [2.75, 3.05) is 18.1 Å². The molecule has 4 heteroatoms. The Balaban J connectivity index is 2.37. The second-order valence-corrected chi connectivity index (χ2v) is 3.50. The first-order valence-corrected chi connectivity index (χ1v) is 5.04. The smallest absolute Gasteiger partial charge is 0.155 e. The topological polar surface area (TPSA) is 59.6 Å². The summed E-state index contributed by atoms with van der Waals surface area (Å²) in [5, 5.41) is 3.23. The van der Waals surface area contributed by atoms with E-state index >= 15 is 0 Å². The summed E-state index contributed by atoms with van der Waals surface area (Å²) in [6.45, 7) is 2.07. The van der Waals surface area contributed by atoms with Crippen molar-refractivity contribution in [2.45, 2.75) is 19.4 Å². The summed E-state index contributed by atoms with van der Waals surface area (Å²) in [5.74, 6) is 1.69. The van der Waals surface area contributed by atoms with Crippen molar-refractivity contribution in [1.82, 2.24) is 0 Å². The Bertz CT molecular complexity index is 401. The van der Waals surface area contributed by atoms with Crippen LogP contribution in [0.4, 0.5) is 11.4 Å². The van der Waals surface area contributed by atoms with Crippen molar-refractivity contribution in [3.8, 4) is 5.75 Å². The van der Waals surface area contributed by atoms with Crippen LogP contribution >= 0.6 is 0 Å². The first kappa shape index (κ1) is 9.83. The van der Waals surface area contributed by atoms with E-state index in [1.807, 2.05) is 18.2 Å². The highest BCUT2D eigenvalue weighted by atomic mass is 16.5. The lowest BCUT2D eigenvalue weighted by molar-refractivity contribution is 0.258. The SMILES string of the molecule is CCC1Oc2ccc(N)cc2NC1=NC. The fraction of sp³-hybridized carbons (Fsp3) is 0.364. The predicted octanol–water partition coefficient (Wildman–Crippen LogP) is 1.88. The van der Waals surface area contributed by atoms with Gasteiger partial charge in [-0.3, -0.25) is 4.99 Å². The number of nitrogens with two attached hydrogens (primary N) is 1. The molecule has 0 aromatic heterocycles. The third-order valence-corrected chi connectivity index (χ3v) is 2.45. The fourth-order valence-corrected chi connectivity index (χ4v) is 1.65. The molecule has 2 rings (SSSR count). The maximum Gasteiger partial charge on any atom is 0.155 e. The van der Waals surface area contributed by atoms with Gasteiger partial charge in [0.05, 0.1) is 5.69 Å². The number of fused-ring (bicyclic) bond motifs is 1.